The number of nitro benzene ring substituents is 1. The summed E-state index contributed by atoms with van der Waals surface area (Å²) in [6.45, 7) is 5.34. The van der Waals surface area contributed by atoms with Gasteiger partial charge in [0.1, 0.15) is 0 Å². The Morgan fingerprint density at radius 2 is 2.24 bits per heavy atom. The fourth-order valence-electron chi connectivity index (χ4n) is 2.66. The summed E-state index contributed by atoms with van der Waals surface area (Å²) in [5.41, 5.74) is 0.520. The van der Waals surface area contributed by atoms with Gasteiger partial charge in [0, 0.05) is 25.2 Å². The number of carbonyl (C=O) groups is 1. The van der Waals surface area contributed by atoms with Crippen molar-refractivity contribution in [2.45, 2.75) is 37.2 Å². The molecule has 0 radical (unpaired) electrons. The Kier molecular flexibility index (Phi) is 4.98. The Morgan fingerprint density at radius 1 is 1.44 bits per heavy atom. The third-order valence-electron chi connectivity index (χ3n) is 3.79. The smallest absolute Gasteiger partial charge is 0.271 e. The lowest BCUT2D eigenvalue weighted by atomic mass is 10.2. The molecule has 10 heteroatoms. The quantitative estimate of drug-likeness (QED) is 0.572. The van der Waals surface area contributed by atoms with Gasteiger partial charge in [-0.05, 0) is 28.8 Å². The molecule has 0 N–H and O–H groups in total. The molecule has 0 saturated carbocycles. The van der Waals surface area contributed by atoms with Crippen LogP contribution in [0.4, 0.5) is 11.4 Å². The number of rotatable bonds is 6. The van der Waals surface area contributed by atoms with Crippen molar-refractivity contribution in [2.24, 2.45) is 5.92 Å². The number of nitrogens with zero attached hydrogens (tertiary/aromatic N) is 6. The van der Waals surface area contributed by atoms with E-state index in [0.29, 0.717) is 36.3 Å². The summed E-state index contributed by atoms with van der Waals surface area (Å²) < 4.78 is 1.71. The van der Waals surface area contributed by atoms with Crippen molar-refractivity contribution in [1.82, 2.24) is 20.2 Å². The van der Waals surface area contributed by atoms with Crippen LogP contribution >= 0.6 is 11.8 Å². The van der Waals surface area contributed by atoms with Crippen LogP contribution in [0.5, 0.6) is 0 Å². The Bertz CT molecular complexity index is 793. The molecule has 0 aliphatic carbocycles. The maximum atomic E-state index is 12.7. The summed E-state index contributed by atoms with van der Waals surface area (Å²) >= 11 is 1.35. The number of hydrogen-bond acceptors (Lipinski definition) is 7. The Labute approximate surface area is 148 Å². The fraction of sp³-hybridized carbons (Fsp3) is 0.467. The minimum Gasteiger partial charge on any atom is -0.311 e. The van der Waals surface area contributed by atoms with Gasteiger partial charge in [0.25, 0.3) is 5.69 Å². The molecule has 1 saturated heterocycles. The second-order valence-corrected chi connectivity index (χ2v) is 7.37. The van der Waals surface area contributed by atoms with Crippen LogP contribution in [0.2, 0.25) is 0 Å². The average Bonchev–Trinajstić information content (AvgIpc) is 3.15. The van der Waals surface area contributed by atoms with Gasteiger partial charge in [0.2, 0.25) is 11.1 Å². The molecular weight excluding hydrogens is 344 g/mol. The van der Waals surface area contributed by atoms with Gasteiger partial charge in [-0.3, -0.25) is 14.9 Å². The lowest BCUT2D eigenvalue weighted by molar-refractivity contribution is -0.384. The predicted octanol–water partition coefficient (Wildman–Crippen LogP) is 2.13. The molecule has 25 heavy (non-hydrogen) atoms. The zero-order valence-electron chi connectivity index (χ0n) is 13.9. The molecule has 1 aromatic heterocycles. The topological polar surface area (TPSA) is 107 Å². The number of benzene rings is 1. The van der Waals surface area contributed by atoms with Gasteiger partial charge in [0.15, 0.2) is 0 Å². The first-order valence-electron chi connectivity index (χ1n) is 7.94. The molecule has 132 valence electrons. The van der Waals surface area contributed by atoms with E-state index in [-0.39, 0.29) is 16.8 Å². The van der Waals surface area contributed by atoms with Gasteiger partial charge in [-0.15, -0.1) is 5.10 Å². The molecule has 0 spiro atoms. The van der Waals surface area contributed by atoms with Crippen LogP contribution in [0.15, 0.2) is 29.4 Å². The fourth-order valence-corrected chi connectivity index (χ4v) is 3.68. The van der Waals surface area contributed by atoms with E-state index in [4.69, 9.17) is 0 Å². The number of tetrazole rings is 1. The monoisotopic (exact) mass is 362 g/mol. The standard InChI is InChI=1S/C15H18N6O3S/c1-10(2)9-20-15(16-17-18-20)25-13-6-7-19(14(13)22)11-4-3-5-12(8-11)21(23)24/h3-5,8,10,13H,6-7,9H2,1-2H3. The van der Waals surface area contributed by atoms with Crippen LogP contribution in [0.1, 0.15) is 20.3 Å². The van der Waals surface area contributed by atoms with E-state index < -0.39 is 4.92 Å². The first-order valence-corrected chi connectivity index (χ1v) is 8.82. The number of carbonyl (C=O) groups excluding carboxylic acids is 1. The van der Waals surface area contributed by atoms with E-state index in [0.717, 1.165) is 0 Å². The van der Waals surface area contributed by atoms with Crippen LogP contribution in [0, 0.1) is 16.0 Å². The molecule has 1 fully saturated rings. The molecule has 1 atom stereocenters. The second-order valence-electron chi connectivity index (χ2n) is 6.20. The van der Waals surface area contributed by atoms with Crippen molar-refractivity contribution in [2.75, 3.05) is 11.4 Å². The molecule has 1 aliphatic rings. The van der Waals surface area contributed by atoms with E-state index in [1.165, 1.54) is 23.9 Å². The van der Waals surface area contributed by atoms with E-state index >= 15 is 0 Å². The zero-order valence-corrected chi connectivity index (χ0v) is 14.7. The molecule has 3 rings (SSSR count). The van der Waals surface area contributed by atoms with Gasteiger partial charge < -0.3 is 4.90 Å². The highest BCUT2D eigenvalue weighted by molar-refractivity contribution is 8.00. The molecule has 1 amide bonds. The second kappa shape index (κ2) is 7.18. The Morgan fingerprint density at radius 3 is 2.96 bits per heavy atom. The lowest BCUT2D eigenvalue weighted by Gasteiger charge is -2.16. The van der Waals surface area contributed by atoms with Crippen molar-refractivity contribution in [1.29, 1.82) is 0 Å². The number of thioether (sulfide) groups is 1. The third-order valence-corrected chi connectivity index (χ3v) is 5.02. The number of nitro groups is 1. The largest absolute Gasteiger partial charge is 0.311 e. The highest BCUT2D eigenvalue weighted by atomic mass is 32.2. The van der Waals surface area contributed by atoms with Crippen molar-refractivity contribution >= 4 is 29.0 Å². The number of anilines is 1. The average molecular weight is 362 g/mol. The summed E-state index contributed by atoms with van der Waals surface area (Å²) in [4.78, 5) is 24.8. The van der Waals surface area contributed by atoms with Crippen molar-refractivity contribution in [3.63, 3.8) is 0 Å². The van der Waals surface area contributed by atoms with Crippen molar-refractivity contribution in [3.05, 3.63) is 34.4 Å². The molecule has 1 aromatic carbocycles. The summed E-state index contributed by atoms with van der Waals surface area (Å²) in [6, 6.07) is 6.13. The van der Waals surface area contributed by atoms with E-state index in [9.17, 15) is 14.9 Å². The summed E-state index contributed by atoms with van der Waals surface area (Å²) in [5.74, 6) is 0.313. The minimum absolute atomic E-state index is 0.0257. The number of amides is 1. The van der Waals surface area contributed by atoms with Crippen LogP contribution in [0.3, 0.4) is 0 Å². The summed E-state index contributed by atoms with van der Waals surface area (Å²) in [7, 11) is 0. The summed E-state index contributed by atoms with van der Waals surface area (Å²) in [5, 5.41) is 22.9. The molecule has 1 aliphatic heterocycles. The number of non-ortho nitro benzene ring substituents is 1. The number of aromatic nitrogens is 4. The maximum absolute atomic E-state index is 12.7. The van der Waals surface area contributed by atoms with Crippen LogP contribution in [-0.4, -0.2) is 42.8 Å². The highest BCUT2D eigenvalue weighted by Crippen LogP contribution is 2.33. The van der Waals surface area contributed by atoms with Gasteiger partial charge in [-0.1, -0.05) is 31.7 Å². The number of hydrogen-bond donors (Lipinski definition) is 0. The van der Waals surface area contributed by atoms with Gasteiger partial charge >= 0.3 is 0 Å². The molecule has 9 nitrogen and oxygen atoms in total. The predicted molar refractivity (Wildman–Crippen MR) is 92.4 cm³/mol. The summed E-state index contributed by atoms with van der Waals surface area (Å²) in [6.07, 6.45) is 0.640. The SMILES string of the molecule is CC(C)Cn1nnnc1SC1CCN(c2cccc([N+](=O)[O-])c2)C1=O. The van der Waals surface area contributed by atoms with Crippen LogP contribution in [0.25, 0.3) is 0 Å². The van der Waals surface area contributed by atoms with Gasteiger partial charge in [-0.2, -0.15) is 0 Å². The van der Waals surface area contributed by atoms with E-state index in [2.05, 4.69) is 29.4 Å². The third kappa shape index (κ3) is 3.78. The molecule has 2 aromatic rings. The zero-order chi connectivity index (χ0) is 18.0. The first kappa shape index (κ1) is 17.3. The highest BCUT2D eigenvalue weighted by Gasteiger charge is 2.35. The molecule has 2 heterocycles. The Hall–Kier alpha value is -2.49. The maximum Gasteiger partial charge on any atom is 0.271 e. The Balaban J connectivity index is 1.73. The lowest BCUT2D eigenvalue weighted by Crippen LogP contribution is -2.28. The molecule has 1 unspecified atom stereocenters. The minimum atomic E-state index is -0.462. The van der Waals surface area contributed by atoms with Crippen molar-refractivity contribution < 1.29 is 9.72 Å². The molecule has 0 bridgehead atoms. The van der Waals surface area contributed by atoms with Gasteiger partial charge in [0.05, 0.1) is 15.9 Å². The van der Waals surface area contributed by atoms with Crippen LogP contribution < -0.4 is 4.90 Å². The van der Waals surface area contributed by atoms with Crippen LogP contribution in [-0.2, 0) is 11.3 Å². The van der Waals surface area contributed by atoms with E-state index in [1.54, 1.807) is 21.7 Å². The molecular formula is C15H18N6O3S. The first-order chi connectivity index (χ1) is 12.0. The van der Waals surface area contributed by atoms with E-state index in [1.807, 2.05) is 0 Å². The normalized spacial score (nSPS) is 17.5. The van der Waals surface area contributed by atoms with Gasteiger partial charge in [-0.25, -0.2) is 4.68 Å². The van der Waals surface area contributed by atoms with Crippen molar-refractivity contribution in [3.8, 4) is 0 Å².